The maximum absolute atomic E-state index is 11.8. The fraction of sp³-hybridized carbons (Fsp3) is 0.923. The molecule has 1 saturated heterocycles. The average Bonchev–Trinajstić information content (AvgIpc) is 2.30. The predicted molar refractivity (Wildman–Crippen MR) is 71.0 cm³/mol. The molecule has 4 nitrogen and oxygen atoms in total. The van der Waals surface area contributed by atoms with Crippen molar-refractivity contribution in [1.82, 2.24) is 15.5 Å². The number of nitrogens with zero attached hydrogens (tertiary/aromatic N) is 1. The third-order valence-corrected chi connectivity index (χ3v) is 3.49. The van der Waals surface area contributed by atoms with Crippen molar-refractivity contribution >= 4 is 5.91 Å². The highest BCUT2D eigenvalue weighted by molar-refractivity contribution is 5.78. The molecule has 1 fully saturated rings. The molecule has 1 rings (SSSR count). The van der Waals surface area contributed by atoms with E-state index in [-0.39, 0.29) is 5.91 Å². The Morgan fingerprint density at radius 3 is 2.59 bits per heavy atom. The minimum absolute atomic E-state index is 0.175. The van der Waals surface area contributed by atoms with E-state index >= 15 is 0 Å². The summed E-state index contributed by atoms with van der Waals surface area (Å²) in [4.78, 5) is 14.0. The molecule has 1 atom stereocenters. The van der Waals surface area contributed by atoms with Crippen LogP contribution in [0.3, 0.4) is 0 Å². The van der Waals surface area contributed by atoms with E-state index in [2.05, 4.69) is 29.4 Å². The molecule has 4 heteroatoms. The lowest BCUT2D eigenvalue weighted by Gasteiger charge is -2.31. The zero-order valence-electron chi connectivity index (χ0n) is 11.5. The molecule has 0 aromatic heterocycles. The van der Waals surface area contributed by atoms with Gasteiger partial charge in [0.25, 0.3) is 0 Å². The van der Waals surface area contributed by atoms with Gasteiger partial charge in [0.05, 0.1) is 6.54 Å². The minimum atomic E-state index is 0.175. The molecule has 0 aromatic carbocycles. The molecule has 17 heavy (non-hydrogen) atoms. The Morgan fingerprint density at radius 2 is 2.06 bits per heavy atom. The standard InChI is InChI=1S/C13H27N3O/c1-4-5-11(2)15-13(17)10-16-8-6-12(14-3)7-9-16/h11-12,14H,4-10H2,1-3H3,(H,15,17). The minimum Gasteiger partial charge on any atom is -0.353 e. The fourth-order valence-corrected chi connectivity index (χ4v) is 2.41. The van der Waals surface area contributed by atoms with Gasteiger partial charge in [-0.25, -0.2) is 0 Å². The van der Waals surface area contributed by atoms with E-state index in [1.54, 1.807) is 0 Å². The molecule has 100 valence electrons. The topological polar surface area (TPSA) is 44.4 Å². The zero-order chi connectivity index (χ0) is 12.7. The van der Waals surface area contributed by atoms with Gasteiger partial charge in [-0.15, -0.1) is 0 Å². The van der Waals surface area contributed by atoms with Gasteiger partial charge in [-0.3, -0.25) is 9.69 Å². The lowest BCUT2D eigenvalue weighted by molar-refractivity contribution is -0.123. The van der Waals surface area contributed by atoms with E-state index in [0.717, 1.165) is 38.8 Å². The van der Waals surface area contributed by atoms with Gasteiger partial charge in [0, 0.05) is 25.2 Å². The summed E-state index contributed by atoms with van der Waals surface area (Å²) >= 11 is 0. The van der Waals surface area contributed by atoms with Crippen LogP contribution in [0, 0.1) is 0 Å². The molecule has 1 unspecified atom stereocenters. The number of amides is 1. The van der Waals surface area contributed by atoms with Crippen LogP contribution in [-0.2, 0) is 4.79 Å². The first kappa shape index (κ1) is 14.5. The van der Waals surface area contributed by atoms with Gasteiger partial charge in [-0.1, -0.05) is 13.3 Å². The number of rotatable bonds is 6. The zero-order valence-corrected chi connectivity index (χ0v) is 11.5. The van der Waals surface area contributed by atoms with Crippen LogP contribution in [0.1, 0.15) is 39.5 Å². The van der Waals surface area contributed by atoms with Crippen LogP contribution in [0.15, 0.2) is 0 Å². The summed E-state index contributed by atoms with van der Waals surface area (Å²) in [7, 11) is 2.01. The Balaban J connectivity index is 2.19. The van der Waals surface area contributed by atoms with Crippen molar-refractivity contribution in [2.75, 3.05) is 26.7 Å². The fourth-order valence-electron chi connectivity index (χ4n) is 2.41. The highest BCUT2D eigenvalue weighted by Gasteiger charge is 2.19. The third kappa shape index (κ3) is 5.50. The molecule has 0 spiro atoms. The molecule has 1 amide bonds. The van der Waals surface area contributed by atoms with Crippen LogP contribution in [0.4, 0.5) is 0 Å². The van der Waals surface area contributed by atoms with Gasteiger partial charge >= 0.3 is 0 Å². The summed E-state index contributed by atoms with van der Waals surface area (Å²) in [6, 6.07) is 0.940. The summed E-state index contributed by atoms with van der Waals surface area (Å²) in [6.45, 7) is 6.84. The number of hydrogen-bond acceptors (Lipinski definition) is 3. The second-order valence-corrected chi connectivity index (χ2v) is 5.10. The van der Waals surface area contributed by atoms with Crippen LogP contribution in [0.25, 0.3) is 0 Å². The Bertz CT molecular complexity index is 225. The van der Waals surface area contributed by atoms with Crippen molar-refractivity contribution in [3.63, 3.8) is 0 Å². The van der Waals surface area contributed by atoms with E-state index in [4.69, 9.17) is 0 Å². The van der Waals surface area contributed by atoms with Crippen LogP contribution in [0.5, 0.6) is 0 Å². The van der Waals surface area contributed by atoms with E-state index < -0.39 is 0 Å². The number of piperidine rings is 1. The SMILES string of the molecule is CCCC(C)NC(=O)CN1CCC(NC)CC1. The van der Waals surface area contributed by atoms with Crippen molar-refractivity contribution < 1.29 is 4.79 Å². The van der Waals surface area contributed by atoms with Crippen molar-refractivity contribution in [3.05, 3.63) is 0 Å². The Morgan fingerprint density at radius 1 is 1.41 bits per heavy atom. The maximum Gasteiger partial charge on any atom is 0.234 e. The first-order chi connectivity index (χ1) is 8.15. The molecule has 1 aliphatic rings. The molecule has 0 bridgehead atoms. The Labute approximate surface area is 105 Å². The summed E-state index contributed by atoms with van der Waals surface area (Å²) in [5.41, 5.74) is 0. The Hall–Kier alpha value is -0.610. The summed E-state index contributed by atoms with van der Waals surface area (Å²) in [5, 5.41) is 6.36. The van der Waals surface area contributed by atoms with Crippen molar-refractivity contribution in [1.29, 1.82) is 0 Å². The van der Waals surface area contributed by atoms with Gasteiger partial charge in [0.2, 0.25) is 5.91 Å². The molecular formula is C13H27N3O. The molecule has 0 aromatic rings. The molecule has 0 radical (unpaired) electrons. The number of nitrogens with one attached hydrogen (secondary N) is 2. The first-order valence-electron chi connectivity index (χ1n) is 6.84. The lowest BCUT2D eigenvalue weighted by Crippen LogP contribution is -2.46. The lowest BCUT2D eigenvalue weighted by atomic mass is 10.1. The molecular weight excluding hydrogens is 214 g/mol. The summed E-state index contributed by atoms with van der Waals surface area (Å²) < 4.78 is 0. The molecule has 0 aliphatic carbocycles. The van der Waals surface area contributed by atoms with Crippen molar-refractivity contribution in [2.45, 2.75) is 51.6 Å². The number of carbonyl (C=O) groups excluding carboxylic acids is 1. The predicted octanol–water partition coefficient (Wildman–Crippen LogP) is 0.975. The monoisotopic (exact) mass is 241 g/mol. The average molecular weight is 241 g/mol. The van der Waals surface area contributed by atoms with Crippen LogP contribution >= 0.6 is 0 Å². The second-order valence-electron chi connectivity index (χ2n) is 5.10. The highest BCUT2D eigenvalue weighted by Crippen LogP contribution is 2.09. The van der Waals surface area contributed by atoms with E-state index in [1.807, 2.05) is 7.05 Å². The molecule has 0 saturated carbocycles. The second kappa shape index (κ2) is 7.67. The van der Waals surface area contributed by atoms with Gasteiger partial charge in [-0.2, -0.15) is 0 Å². The normalized spacial score (nSPS) is 20.2. The van der Waals surface area contributed by atoms with Crippen molar-refractivity contribution in [2.24, 2.45) is 0 Å². The number of hydrogen-bond donors (Lipinski definition) is 2. The van der Waals surface area contributed by atoms with Gasteiger partial charge in [0.1, 0.15) is 0 Å². The molecule has 1 aliphatic heterocycles. The van der Waals surface area contributed by atoms with Gasteiger partial charge in [-0.05, 0) is 33.2 Å². The number of carbonyl (C=O) groups is 1. The number of likely N-dealkylation sites (tertiary alicyclic amines) is 1. The van der Waals surface area contributed by atoms with Crippen LogP contribution in [0.2, 0.25) is 0 Å². The van der Waals surface area contributed by atoms with Crippen LogP contribution < -0.4 is 10.6 Å². The van der Waals surface area contributed by atoms with Gasteiger partial charge in [0.15, 0.2) is 0 Å². The molecule has 2 N–H and O–H groups in total. The van der Waals surface area contributed by atoms with E-state index in [1.165, 1.54) is 0 Å². The quantitative estimate of drug-likeness (QED) is 0.728. The summed E-state index contributed by atoms with van der Waals surface area (Å²) in [6.07, 6.45) is 4.48. The largest absolute Gasteiger partial charge is 0.353 e. The molecule has 1 heterocycles. The van der Waals surface area contributed by atoms with Crippen LogP contribution in [-0.4, -0.2) is 49.6 Å². The smallest absolute Gasteiger partial charge is 0.234 e. The van der Waals surface area contributed by atoms with E-state index in [9.17, 15) is 4.79 Å². The third-order valence-electron chi connectivity index (χ3n) is 3.49. The highest BCUT2D eigenvalue weighted by atomic mass is 16.2. The van der Waals surface area contributed by atoms with Crippen molar-refractivity contribution in [3.8, 4) is 0 Å². The summed E-state index contributed by atoms with van der Waals surface area (Å²) in [5.74, 6) is 0.175. The van der Waals surface area contributed by atoms with Gasteiger partial charge < -0.3 is 10.6 Å². The first-order valence-corrected chi connectivity index (χ1v) is 6.84. The maximum atomic E-state index is 11.8. The Kier molecular flexibility index (Phi) is 6.52. The van der Waals surface area contributed by atoms with E-state index in [0.29, 0.717) is 18.6 Å².